The summed E-state index contributed by atoms with van der Waals surface area (Å²) in [5.41, 5.74) is 6.68. The molecule has 0 saturated heterocycles. The van der Waals surface area contributed by atoms with Gasteiger partial charge in [0.25, 0.3) is 5.91 Å². The molecule has 0 spiro atoms. The fraction of sp³-hybridized carbons (Fsp3) is 0.154. The molecule has 2 aromatic rings. The normalized spacial score (nSPS) is 10.2. The van der Waals surface area contributed by atoms with Gasteiger partial charge in [0.15, 0.2) is 0 Å². The number of aryl methyl sites for hydroxylation is 1. The summed E-state index contributed by atoms with van der Waals surface area (Å²) >= 11 is 1.29. The van der Waals surface area contributed by atoms with E-state index in [1.165, 1.54) is 16.4 Å². The van der Waals surface area contributed by atoms with Crippen LogP contribution in [0.1, 0.15) is 25.7 Å². The maximum Gasteiger partial charge on any atom is 0.277 e. The van der Waals surface area contributed by atoms with Crippen LogP contribution in [0.25, 0.3) is 0 Å². The quantitative estimate of drug-likeness (QED) is 0.928. The van der Waals surface area contributed by atoms with Crippen LogP contribution in [0.5, 0.6) is 0 Å². The molecule has 0 aliphatic heterocycles. The van der Waals surface area contributed by atoms with Crippen LogP contribution < -0.4 is 10.6 Å². The van der Waals surface area contributed by atoms with Gasteiger partial charge in [0.05, 0.1) is 0 Å². The van der Waals surface area contributed by atoms with Crippen molar-refractivity contribution in [3.63, 3.8) is 0 Å². The van der Waals surface area contributed by atoms with E-state index in [1.54, 1.807) is 37.4 Å². The summed E-state index contributed by atoms with van der Waals surface area (Å²) in [5.74, 6) is -0.674. The number of carbonyl (C=O) groups excluding carboxylic acids is 2. The predicted molar refractivity (Wildman–Crippen MR) is 74.5 cm³/mol. The first-order chi connectivity index (χ1) is 8.99. The van der Waals surface area contributed by atoms with Crippen LogP contribution in [0.3, 0.4) is 0 Å². The number of anilines is 1. The number of hydrogen-bond acceptors (Lipinski definition) is 4. The van der Waals surface area contributed by atoms with Gasteiger partial charge in [0.1, 0.15) is 5.69 Å². The molecule has 0 fully saturated rings. The molecule has 0 saturated carbocycles. The van der Waals surface area contributed by atoms with Gasteiger partial charge in [-0.3, -0.25) is 9.59 Å². The van der Waals surface area contributed by atoms with Crippen LogP contribution in [0, 0.1) is 6.92 Å². The van der Waals surface area contributed by atoms with Crippen molar-refractivity contribution in [2.75, 3.05) is 11.9 Å². The van der Waals surface area contributed by atoms with Crippen molar-refractivity contribution in [2.24, 2.45) is 5.73 Å². The van der Waals surface area contributed by atoms with Gasteiger partial charge in [-0.05, 0) is 48.8 Å². The van der Waals surface area contributed by atoms with E-state index in [4.69, 9.17) is 5.73 Å². The lowest BCUT2D eigenvalue weighted by Gasteiger charge is -2.16. The van der Waals surface area contributed by atoms with Crippen molar-refractivity contribution in [2.45, 2.75) is 6.92 Å². The average molecular weight is 275 g/mol. The van der Waals surface area contributed by atoms with Crippen LogP contribution in [-0.4, -0.2) is 23.2 Å². The molecule has 1 aromatic carbocycles. The highest BCUT2D eigenvalue weighted by atomic mass is 32.1. The summed E-state index contributed by atoms with van der Waals surface area (Å²) in [6.45, 7) is 1.90. The molecule has 0 atom stereocenters. The van der Waals surface area contributed by atoms with Crippen molar-refractivity contribution < 1.29 is 9.59 Å². The van der Waals surface area contributed by atoms with Crippen molar-refractivity contribution in [3.05, 3.63) is 46.5 Å². The Morgan fingerprint density at radius 2 is 1.89 bits per heavy atom. The van der Waals surface area contributed by atoms with Crippen LogP contribution in [0.4, 0.5) is 5.69 Å². The molecule has 98 valence electrons. The maximum atomic E-state index is 12.2. The number of primary amides is 1. The molecule has 1 aromatic heterocycles. The Bertz CT molecular complexity index is 619. The van der Waals surface area contributed by atoms with E-state index in [2.05, 4.69) is 4.37 Å². The third-order valence-corrected chi connectivity index (χ3v) is 3.38. The molecular weight excluding hydrogens is 262 g/mol. The Morgan fingerprint density at radius 3 is 2.37 bits per heavy atom. The first-order valence-electron chi connectivity index (χ1n) is 5.60. The number of nitrogens with zero attached hydrogens (tertiary/aromatic N) is 2. The molecule has 0 aliphatic carbocycles. The fourth-order valence-corrected chi connectivity index (χ4v) is 2.14. The van der Waals surface area contributed by atoms with E-state index in [9.17, 15) is 9.59 Å². The van der Waals surface area contributed by atoms with Gasteiger partial charge in [0, 0.05) is 23.2 Å². The van der Waals surface area contributed by atoms with Crippen molar-refractivity contribution >= 4 is 29.0 Å². The highest BCUT2D eigenvalue weighted by molar-refractivity contribution is 7.05. The Kier molecular flexibility index (Phi) is 3.62. The van der Waals surface area contributed by atoms with Crippen LogP contribution >= 0.6 is 11.5 Å². The van der Waals surface area contributed by atoms with Gasteiger partial charge in [0.2, 0.25) is 5.91 Å². The molecule has 6 heteroatoms. The second-order valence-corrected chi connectivity index (χ2v) is 5.11. The summed E-state index contributed by atoms with van der Waals surface area (Å²) in [5, 5.41) is 0. The van der Waals surface area contributed by atoms with Gasteiger partial charge in [-0.2, -0.15) is 4.37 Å². The van der Waals surface area contributed by atoms with Gasteiger partial charge >= 0.3 is 0 Å². The molecule has 1 heterocycles. The van der Waals surface area contributed by atoms with E-state index in [0.29, 0.717) is 16.9 Å². The molecule has 2 rings (SSSR count). The molecule has 5 nitrogen and oxygen atoms in total. The maximum absolute atomic E-state index is 12.2. The lowest BCUT2D eigenvalue weighted by atomic mass is 10.2. The summed E-state index contributed by atoms with van der Waals surface area (Å²) in [7, 11) is 1.66. The van der Waals surface area contributed by atoms with E-state index >= 15 is 0 Å². The Morgan fingerprint density at radius 1 is 1.26 bits per heavy atom. The number of carbonyl (C=O) groups is 2. The van der Waals surface area contributed by atoms with E-state index in [-0.39, 0.29) is 5.91 Å². The summed E-state index contributed by atoms with van der Waals surface area (Å²) < 4.78 is 4.08. The van der Waals surface area contributed by atoms with Gasteiger partial charge in [-0.1, -0.05) is 0 Å². The summed E-state index contributed by atoms with van der Waals surface area (Å²) in [4.78, 5) is 25.6. The van der Waals surface area contributed by atoms with E-state index in [1.807, 2.05) is 6.92 Å². The third-order valence-electron chi connectivity index (χ3n) is 2.69. The van der Waals surface area contributed by atoms with Crippen molar-refractivity contribution in [3.8, 4) is 0 Å². The topological polar surface area (TPSA) is 76.3 Å². The lowest BCUT2D eigenvalue weighted by Crippen LogP contribution is -2.26. The minimum atomic E-state index is -0.490. The molecule has 0 bridgehead atoms. The second kappa shape index (κ2) is 5.19. The average Bonchev–Trinajstić information content (AvgIpc) is 2.84. The first-order valence-corrected chi connectivity index (χ1v) is 6.37. The zero-order valence-corrected chi connectivity index (χ0v) is 11.4. The predicted octanol–water partition coefficient (Wildman–Crippen LogP) is 1.83. The number of amides is 2. The van der Waals surface area contributed by atoms with Crippen LogP contribution in [-0.2, 0) is 0 Å². The Hall–Kier alpha value is -2.21. The van der Waals surface area contributed by atoms with Gasteiger partial charge < -0.3 is 10.6 Å². The fourth-order valence-electron chi connectivity index (χ4n) is 1.61. The van der Waals surface area contributed by atoms with Gasteiger partial charge in [-0.25, -0.2) is 0 Å². The molecule has 2 amide bonds. The highest BCUT2D eigenvalue weighted by Gasteiger charge is 2.16. The second-order valence-electron chi connectivity index (χ2n) is 4.10. The molecular formula is C13H13N3O2S. The van der Waals surface area contributed by atoms with Crippen molar-refractivity contribution in [1.29, 1.82) is 0 Å². The first kappa shape index (κ1) is 13.2. The van der Waals surface area contributed by atoms with Crippen LogP contribution in [0.15, 0.2) is 30.3 Å². The largest absolute Gasteiger partial charge is 0.366 e. The molecule has 19 heavy (non-hydrogen) atoms. The van der Waals surface area contributed by atoms with E-state index < -0.39 is 5.91 Å². The zero-order valence-electron chi connectivity index (χ0n) is 10.6. The molecule has 0 aliphatic rings. The van der Waals surface area contributed by atoms with Gasteiger partial charge in [-0.15, -0.1) is 0 Å². The summed E-state index contributed by atoms with van der Waals surface area (Å²) in [6.07, 6.45) is 0. The number of rotatable bonds is 3. The molecule has 2 N–H and O–H groups in total. The number of aromatic nitrogens is 1. The number of benzene rings is 1. The standard InChI is InChI=1S/C13H13N3O2S/c1-8-7-11(15-19-8)13(18)16(2)10-5-3-9(4-6-10)12(14)17/h3-7H,1-2H3,(H2,14,17). The highest BCUT2D eigenvalue weighted by Crippen LogP contribution is 2.17. The third kappa shape index (κ3) is 2.79. The smallest absolute Gasteiger partial charge is 0.277 e. The SMILES string of the molecule is Cc1cc(C(=O)N(C)c2ccc(C(N)=O)cc2)ns1. The lowest BCUT2D eigenvalue weighted by molar-refractivity contribution is 0.0986. The monoisotopic (exact) mass is 275 g/mol. The number of nitrogens with two attached hydrogens (primary N) is 1. The van der Waals surface area contributed by atoms with Crippen molar-refractivity contribution in [1.82, 2.24) is 4.37 Å². The summed E-state index contributed by atoms with van der Waals surface area (Å²) in [6, 6.07) is 8.29. The Balaban J connectivity index is 2.21. The van der Waals surface area contributed by atoms with Crippen LogP contribution in [0.2, 0.25) is 0 Å². The minimum Gasteiger partial charge on any atom is -0.366 e. The minimum absolute atomic E-state index is 0.184. The zero-order chi connectivity index (χ0) is 14.0. The number of hydrogen-bond donors (Lipinski definition) is 1. The Labute approximate surface area is 114 Å². The van der Waals surface area contributed by atoms with E-state index in [0.717, 1.165) is 4.88 Å². The molecule has 0 radical (unpaired) electrons. The molecule has 0 unspecified atom stereocenters.